The number of benzene rings is 1. The lowest BCUT2D eigenvalue weighted by molar-refractivity contribution is -0.117. The standard InChI is InChI=1S/C11H15FN2O2.ClH/c1-3-16-10-5-4-8(6-9(10)12)14-11(15)7(2)13;/h4-7H,3,13H2,1-2H3,(H,14,15);1H/t7-;/m0./s1. The molecule has 0 saturated carbocycles. The van der Waals surface area contributed by atoms with Gasteiger partial charge in [-0.25, -0.2) is 4.39 Å². The Balaban J connectivity index is 0.00000256. The molecule has 3 N–H and O–H groups in total. The summed E-state index contributed by atoms with van der Waals surface area (Å²) in [7, 11) is 0. The first-order valence-electron chi connectivity index (χ1n) is 5.03. The van der Waals surface area contributed by atoms with Crippen LogP contribution in [0.2, 0.25) is 0 Å². The number of ether oxygens (including phenoxy) is 1. The molecule has 0 aliphatic rings. The number of anilines is 1. The van der Waals surface area contributed by atoms with Crippen LogP contribution in [0.15, 0.2) is 18.2 Å². The molecule has 1 aromatic carbocycles. The van der Waals surface area contributed by atoms with Gasteiger partial charge < -0.3 is 15.8 Å². The van der Waals surface area contributed by atoms with Crippen LogP contribution in [-0.4, -0.2) is 18.6 Å². The summed E-state index contributed by atoms with van der Waals surface area (Å²) in [5.41, 5.74) is 5.73. The van der Waals surface area contributed by atoms with Crippen LogP contribution in [0.3, 0.4) is 0 Å². The second-order valence-corrected chi connectivity index (χ2v) is 3.36. The maximum Gasteiger partial charge on any atom is 0.241 e. The van der Waals surface area contributed by atoms with Gasteiger partial charge in [0.1, 0.15) is 0 Å². The minimum Gasteiger partial charge on any atom is -0.491 e. The molecule has 1 amide bonds. The largest absolute Gasteiger partial charge is 0.491 e. The summed E-state index contributed by atoms with van der Waals surface area (Å²) in [5, 5.41) is 2.49. The zero-order valence-corrected chi connectivity index (χ0v) is 10.5. The summed E-state index contributed by atoms with van der Waals surface area (Å²) in [5.74, 6) is -0.700. The molecule has 0 saturated heterocycles. The molecule has 17 heavy (non-hydrogen) atoms. The highest BCUT2D eigenvalue weighted by molar-refractivity contribution is 5.94. The molecule has 6 heteroatoms. The minimum atomic E-state index is -0.630. The van der Waals surface area contributed by atoms with Gasteiger partial charge in [-0.15, -0.1) is 12.4 Å². The Hall–Kier alpha value is -1.33. The highest BCUT2D eigenvalue weighted by Crippen LogP contribution is 2.21. The van der Waals surface area contributed by atoms with Crippen LogP contribution in [0, 0.1) is 5.82 Å². The zero-order valence-electron chi connectivity index (χ0n) is 9.70. The number of nitrogens with one attached hydrogen (secondary N) is 1. The second kappa shape index (κ2) is 7.09. The molecule has 0 aliphatic heterocycles. The van der Waals surface area contributed by atoms with Gasteiger partial charge in [0.2, 0.25) is 5.91 Å². The van der Waals surface area contributed by atoms with Gasteiger partial charge in [0.25, 0.3) is 0 Å². The minimum absolute atomic E-state index is 0. The third-order valence-electron chi connectivity index (χ3n) is 1.91. The van der Waals surface area contributed by atoms with E-state index in [-0.39, 0.29) is 24.1 Å². The summed E-state index contributed by atoms with van der Waals surface area (Å²) in [6.07, 6.45) is 0. The van der Waals surface area contributed by atoms with Crippen LogP contribution in [-0.2, 0) is 4.79 Å². The third kappa shape index (κ3) is 4.58. The molecule has 0 unspecified atom stereocenters. The van der Waals surface area contributed by atoms with Crippen LogP contribution >= 0.6 is 12.4 Å². The van der Waals surface area contributed by atoms with E-state index in [2.05, 4.69) is 5.32 Å². The fourth-order valence-corrected chi connectivity index (χ4v) is 1.11. The van der Waals surface area contributed by atoms with Gasteiger partial charge in [-0.3, -0.25) is 4.79 Å². The van der Waals surface area contributed by atoms with E-state index in [1.165, 1.54) is 12.1 Å². The molecule has 0 aliphatic carbocycles. The molecule has 0 radical (unpaired) electrons. The summed E-state index contributed by atoms with van der Waals surface area (Å²) in [6.45, 7) is 3.72. The number of hydrogen-bond donors (Lipinski definition) is 2. The fourth-order valence-electron chi connectivity index (χ4n) is 1.11. The molecule has 0 fully saturated rings. The van der Waals surface area contributed by atoms with Crippen molar-refractivity contribution in [3.05, 3.63) is 24.0 Å². The first kappa shape index (κ1) is 15.7. The third-order valence-corrected chi connectivity index (χ3v) is 1.91. The quantitative estimate of drug-likeness (QED) is 0.872. The number of nitrogens with two attached hydrogens (primary N) is 1. The van der Waals surface area contributed by atoms with Crippen LogP contribution < -0.4 is 15.8 Å². The van der Waals surface area contributed by atoms with E-state index >= 15 is 0 Å². The SMILES string of the molecule is CCOc1ccc(NC(=O)[C@H](C)N)cc1F.Cl. The average Bonchev–Trinajstić information content (AvgIpc) is 2.22. The molecule has 4 nitrogen and oxygen atoms in total. The number of rotatable bonds is 4. The predicted octanol–water partition coefficient (Wildman–Crippen LogP) is 1.93. The number of carbonyl (C=O) groups is 1. The van der Waals surface area contributed by atoms with E-state index < -0.39 is 11.9 Å². The van der Waals surface area contributed by atoms with E-state index in [1.54, 1.807) is 19.9 Å². The molecule has 1 aromatic rings. The van der Waals surface area contributed by atoms with Crippen molar-refractivity contribution in [1.82, 2.24) is 0 Å². The summed E-state index contributed by atoms with van der Waals surface area (Å²) < 4.78 is 18.4. The molecule has 0 spiro atoms. The Labute approximate surface area is 106 Å². The van der Waals surface area contributed by atoms with Crippen molar-refractivity contribution in [2.24, 2.45) is 5.73 Å². The first-order valence-corrected chi connectivity index (χ1v) is 5.03. The predicted molar refractivity (Wildman–Crippen MR) is 67.1 cm³/mol. The Morgan fingerprint density at radius 2 is 2.24 bits per heavy atom. The highest BCUT2D eigenvalue weighted by Gasteiger charge is 2.09. The number of hydrogen-bond acceptors (Lipinski definition) is 3. The van der Waals surface area contributed by atoms with Gasteiger partial charge in [-0.2, -0.15) is 0 Å². The van der Waals surface area contributed by atoms with Crippen molar-refractivity contribution in [2.45, 2.75) is 19.9 Å². The maximum absolute atomic E-state index is 13.4. The molecule has 1 atom stereocenters. The lowest BCUT2D eigenvalue weighted by atomic mass is 10.2. The Morgan fingerprint density at radius 3 is 2.71 bits per heavy atom. The van der Waals surface area contributed by atoms with Gasteiger partial charge in [0.05, 0.1) is 12.6 Å². The second-order valence-electron chi connectivity index (χ2n) is 3.36. The van der Waals surface area contributed by atoms with Gasteiger partial charge in [-0.1, -0.05) is 0 Å². The van der Waals surface area contributed by atoms with Gasteiger partial charge in [0, 0.05) is 11.8 Å². The average molecular weight is 263 g/mol. The Bertz CT molecular complexity index is 386. The van der Waals surface area contributed by atoms with Crippen LogP contribution in [0.1, 0.15) is 13.8 Å². The molecule has 0 bridgehead atoms. The molecule has 0 heterocycles. The van der Waals surface area contributed by atoms with Crippen molar-refractivity contribution in [3.8, 4) is 5.75 Å². The molecule has 0 aromatic heterocycles. The molecular weight excluding hydrogens is 247 g/mol. The van der Waals surface area contributed by atoms with E-state index in [9.17, 15) is 9.18 Å². The number of halogens is 2. The van der Waals surface area contributed by atoms with Gasteiger partial charge in [0.15, 0.2) is 11.6 Å². The molecule has 1 rings (SSSR count). The fraction of sp³-hybridized carbons (Fsp3) is 0.364. The van der Waals surface area contributed by atoms with E-state index in [0.29, 0.717) is 12.3 Å². The van der Waals surface area contributed by atoms with Gasteiger partial charge >= 0.3 is 0 Å². The number of amides is 1. The van der Waals surface area contributed by atoms with Crippen LogP contribution in [0.4, 0.5) is 10.1 Å². The van der Waals surface area contributed by atoms with E-state index in [0.717, 1.165) is 0 Å². The smallest absolute Gasteiger partial charge is 0.241 e. The van der Waals surface area contributed by atoms with Crippen LogP contribution in [0.5, 0.6) is 5.75 Å². The lowest BCUT2D eigenvalue weighted by Crippen LogP contribution is -2.32. The first-order chi connectivity index (χ1) is 7.54. The molecule has 96 valence electrons. The lowest BCUT2D eigenvalue weighted by Gasteiger charge is -2.09. The normalized spacial score (nSPS) is 11.3. The van der Waals surface area contributed by atoms with Crippen molar-refractivity contribution in [1.29, 1.82) is 0 Å². The number of carbonyl (C=O) groups excluding carboxylic acids is 1. The van der Waals surface area contributed by atoms with Crippen LogP contribution in [0.25, 0.3) is 0 Å². The van der Waals surface area contributed by atoms with E-state index in [4.69, 9.17) is 10.5 Å². The summed E-state index contributed by atoms with van der Waals surface area (Å²) in [4.78, 5) is 11.2. The Kier molecular flexibility index (Phi) is 6.53. The maximum atomic E-state index is 13.4. The Morgan fingerprint density at radius 1 is 1.59 bits per heavy atom. The van der Waals surface area contributed by atoms with Crippen molar-refractivity contribution in [3.63, 3.8) is 0 Å². The summed E-state index contributed by atoms with van der Waals surface area (Å²) in [6, 6.07) is 3.60. The topological polar surface area (TPSA) is 64.3 Å². The summed E-state index contributed by atoms with van der Waals surface area (Å²) >= 11 is 0. The molecular formula is C11H16ClFN2O2. The van der Waals surface area contributed by atoms with E-state index in [1.807, 2.05) is 0 Å². The van der Waals surface area contributed by atoms with Gasteiger partial charge in [-0.05, 0) is 26.0 Å². The zero-order chi connectivity index (χ0) is 12.1. The van der Waals surface area contributed by atoms with Crippen molar-refractivity contribution < 1.29 is 13.9 Å². The highest BCUT2D eigenvalue weighted by atomic mass is 35.5. The monoisotopic (exact) mass is 262 g/mol. The van der Waals surface area contributed by atoms with Crippen molar-refractivity contribution in [2.75, 3.05) is 11.9 Å². The van der Waals surface area contributed by atoms with Crippen molar-refractivity contribution >= 4 is 24.0 Å².